The predicted molar refractivity (Wildman–Crippen MR) is 66.4 cm³/mol. The fraction of sp³-hybridized carbons (Fsp3) is 0.300. The molecule has 0 saturated carbocycles. The molecular weight excluding hydrogens is 282 g/mol. The minimum atomic E-state index is 0.477. The van der Waals surface area contributed by atoms with E-state index in [4.69, 9.17) is 11.6 Å². The maximum atomic E-state index is 5.99. The van der Waals surface area contributed by atoms with E-state index in [1.807, 2.05) is 12.1 Å². The summed E-state index contributed by atoms with van der Waals surface area (Å²) in [6.07, 6.45) is 0. The van der Waals surface area contributed by atoms with E-state index in [1.54, 1.807) is 11.3 Å². The molecule has 0 spiro atoms. The lowest BCUT2D eigenvalue weighted by Crippen LogP contribution is -1.82. The zero-order valence-electron chi connectivity index (χ0n) is 7.84. The summed E-state index contributed by atoms with van der Waals surface area (Å²) in [6.45, 7) is 4.29. The molecule has 1 heterocycles. The molecule has 0 amide bonds. The lowest BCUT2D eigenvalue weighted by Gasteiger charge is -1.94. The number of hydrogen-bond donors (Lipinski definition) is 0. The summed E-state index contributed by atoms with van der Waals surface area (Å²) >= 11 is 11.1. The molecule has 2 rings (SSSR count). The Morgan fingerprint density at radius 3 is 2.79 bits per heavy atom. The van der Waals surface area contributed by atoms with Crippen LogP contribution in [0.25, 0.3) is 10.2 Å². The standard InChI is InChI=1S/C10H9BrClNS/c1-5(2)10-13-8-4-7(12)6(11)3-9(8)14-10/h3-5H,1-2H3. The number of thiazole rings is 1. The molecule has 1 nitrogen and oxygen atoms in total. The minimum absolute atomic E-state index is 0.477. The first-order valence-corrected chi connectivity index (χ1v) is 6.32. The summed E-state index contributed by atoms with van der Waals surface area (Å²) in [6, 6.07) is 3.94. The van der Waals surface area contributed by atoms with Gasteiger partial charge < -0.3 is 0 Å². The van der Waals surface area contributed by atoms with Crippen molar-refractivity contribution in [1.29, 1.82) is 0 Å². The first kappa shape index (κ1) is 10.4. The second-order valence-electron chi connectivity index (χ2n) is 3.44. The zero-order chi connectivity index (χ0) is 10.3. The van der Waals surface area contributed by atoms with Crippen LogP contribution in [-0.4, -0.2) is 4.98 Å². The third kappa shape index (κ3) is 1.81. The molecule has 0 radical (unpaired) electrons. The van der Waals surface area contributed by atoms with Gasteiger partial charge in [0.2, 0.25) is 0 Å². The Balaban J connectivity index is 2.66. The largest absolute Gasteiger partial charge is 0.241 e. The topological polar surface area (TPSA) is 12.9 Å². The SMILES string of the molecule is CC(C)c1nc2cc(Cl)c(Br)cc2s1. The molecule has 0 unspecified atom stereocenters. The van der Waals surface area contributed by atoms with Gasteiger partial charge >= 0.3 is 0 Å². The molecule has 0 aliphatic carbocycles. The van der Waals surface area contributed by atoms with Crippen molar-refractivity contribution >= 4 is 49.1 Å². The predicted octanol–water partition coefficient (Wildman–Crippen LogP) is 4.84. The van der Waals surface area contributed by atoms with Gasteiger partial charge in [-0.1, -0.05) is 25.4 Å². The number of hydrogen-bond acceptors (Lipinski definition) is 2. The van der Waals surface area contributed by atoms with Gasteiger partial charge in [0.25, 0.3) is 0 Å². The third-order valence-corrected chi connectivity index (χ3v) is 4.46. The highest BCUT2D eigenvalue weighted by Gasteiger charge is 2.09. The molecule has 0 atom stereocenters. The Labute approximate surface area is 100 Å². The Morgan fingerprint density at radius 1 is 1.43 bits per heavy atom. The van der Waals surface area contributed by atoms with E-state index >= 15 is 0 Å². The van der Waals surface area contributed by atoms with Crippen molar-refractivity contribution in [2.24, 2.45) is 0 Å². The van der Waals surface area contributed by atoms with Gasteiger partial charge in [0.1, 0.15) is 0 Å². The quantitative estimate of drug-likeness (QED) is 0.732. The summed E-state index contributed by atoms with van der Waals surface area (Å²) < 4.78 is 2.12. The van der Waals surface area contributed by atoms with Crippen LogP contribution in [0.15, 0.2) is 16.6 Å². The molecular formula is C10H9BrClNS. The Morgan fingerprint density at radius 2 is 2.14 bits per heavy atom. The molecule has 1 aromatic carbocycles. The number of halogens is 2. The highest BCUT2D eigenvalue weighted by atomic mass is 79.9. The van der Waals surface area contributed by atoms with Gasteiger partial charge in [-0.25, -0.2) is 4.98 Å². The second-order valence-corrected chi connectivity index (χ2v) is 5.76. The van der Waals surface area contributed by atoms with E-state index in [9.17, 15) is 0 Å². The molecule has 0 aliphatic heterocycles. The van der Waals surface area contributed by atoms with Gasteiger partial charge in [0.15, 0.2) is 0 Å². The molecule has 0 saturated heterocycles. The summed E-state index contributed by atoms with van der Waals surface area (Å²) in [5.41, 5.74) is 0.993. The third-order valence-electron chi connectivity index (χ3n) is 1.94. The van der Waals surface area contributed by atoms with Crippen LogP contribution in [0.4, 0.5) is 0 Å². The lowest BCUT2D eigenvalue weighted by atomic mass is 10.2. The maximum Gasteiger partial charge on any atom is 0.0964 e. The smallest absolute Gasteiger partial charge is 0.0964 e. The average Bonchev–Trinajstić information content (AvgIpc) is 2.48. The van der Waals surface area contributed by atoms with Crippen LogP contribution in [0.1, 0.15) is 24.8 Å². The van der Waals surface area contributed by atoms with Crippen LogP contribution in [0.5, 0.6) is 0 Å². The number of nitrogens with zero attached hydrogens (tertiary/aromatic N) is 1. The van der Waals surface area contributed by atoms with E-state index in [2.05, 4.69) is 34.8 Å². The number of rotatable bonds is 1. The summed E-state index contributed by atoms with van der Waals surface area (Å²) in [5.74, 6) is 0.477. The van der Waals surface area contributed by atoms with Gasteiger partial charge in [0, 0.05) is 10.4 Å². The highest BCUT2D eigenvalue weighted by molar-refractivity contribution is 9.10. The van der Waals surface area contributed by atoms with Gasteiger partial charge in [0.05, 0.1) is 20.2 Å². The zero-order valence-corrected chi connectivity index (χ0v) is 11.0. The van der Waals surface area contributed by atoms with Gasteiger partial charge in [-0.15, -0.1) is 11.3 Å². The van der Waals surface area contributed by atoms with Crippen molar-refractivity contribution in [1.82, 2.24) is 4.98 Å². The summed E-state index contributed by atoms with van der Waals surface area (Å²) in [4.78, 5) is 4.53. The minimum Gasteiger partial charge on any atom is -0.241 e. The fourth-order valence-electron chi connectivity index (χ4n) is 1.19. The van der Waals surface area contributed by atoms with E-state index in [-0.39, 0.29) is 0 Å². The Hall–Kier alpha value is -0.120. The number of benzene rings is 1. The lowest BCUT2D eigenvalue weighted by molar-refractivity contribution is 0.857. The van der Waals surface area contributed by atoms with Crippen LogP contribution in [-0.2, 0) is 0 Å². The van der Waals surface area contributed by atoms with Gasteiger partial charge in [-0.05, 0) is 28.1 Å². The molecule has 0 aliphatic rings. The second kappa shape index (κ2) is 3.80. The van der Waals surface area contributed by atoms with E-state index in [1.165, 1.54) is 4.70 Å². The van der Waals surface area contributed by atoms with Crippen LogP contribution in [0, 0.1) is 0 Å². The van der Waals surface area contributed by atoms with Crippen molar-refractivity contribution in [3.8, 4) is 0 Å². The van der Waals surface area contributed by atoms with E-state index < -0.39 is 0 Å². The van der Waals surface area contributed by atoms with Crippen LogP contribution in [0.3, 0.4) is 0 Å². The van der Waals surface area contributed by atoms with Crippen LogP contribution < -0.4 is 0 Å². The fourth-order valence-corrected chi connectivity index (χ4v) is 2.83. The first-order valence-electron chi connectivity index (χ1n) is 4.33. The van der Waals surface area contributed by atoms with Crippen molar-refractivity contribution in [2.45, 2.75) is 19.8 Å². The molecule has 14 heavy (non-hydrogen) atoms. The maximum absolute atomic E-state index is 5.99. The monoisotopic (exact) mass is 289 g/mol. The van der Waals surface area contributed by atoms with Crippen LogP contribution in [0.2, 0.25) is 5.02 Å². The molecule has 0 bridgehead atoms. The number of aromatic nitrogens is 1. The summed E-state index contributed by atoms with van der Waals surface area (Å²) in [7, 11) is 0. The Bertz CT molecular complexity index is 439. The molecule has 0 N–H and O–H groups in total. The van der Waals surface area contributed by atoms with Crippen molar-refractivity contribution in [3.05, 3.63) is 26.6 Å². The van der Waals surface area contributed by atoms with Gasteiger partial charge in [-0.2, -0.15) is 0 Å². The molecule has 74 valence electrons. The van der Waals surface area contributed by atoms with Crippen LogP contribution >= 0.6 is 38.9 Å². The normalized spacial score (nSPS) is 11.5. The van der Waals surface area contributed by atoms with Gasteiger partial charge in [-0.3, -0.25) is 0 Å². The molecule has 1 aromatic heterocycles. The van der Waals surface area contributed by atoms with Crippen molar-refractivity contribution in [2.75, 3.05) is 0 Å². The molecule has 2 aromatic rings. The van der Waals surface area contributed by atoms with E-state index in [0.717, 1.165) is 20.0 Å². The molecule has 0 fully saturated rings. The molecule has 4 heteroatoms. The first-order chi connectivity index (χ1) is 6.58. The Kier molecular flexibility index (Phi) is 2.82. The summed E-state index contributed by atoms with van der Waals surface area (Å²) in [5, 5.41) is 1.88. The van der Waals surface area contributed by atoms with Crippen molar-refractivity contribution < 1.29 is 0 Å². The highest BCUT2D eigenvalue weighted by Crippen LogP contribution is 2.33. The van der Waals surface area contributed by atoms with E-state index in [0.29, 0.717) is 5.92 Å². The number of fused-ring (bicyclic) bond motifs is 1. The average molecular weight is 291 g/mol. The van der Waals surface area contributed by atoms with Crippen molar-refractivity contribution in [3.63, 3.8) is 0 Å².